The Morgan fingerprint density at radius 2 is 1.00 bits per heavy atom. The third-order valence-electron chi connectivity index (χ3n) is 9.11. The molecule has 0 aromatic carbocycles. The van der Waals surface area contributed by atoms with Crippen LogP contribution in [-0.2, 0) is 32.7 Å². The molecule has 10 heteroatoms. The van der Waals surface area contributed by atoms with E-state index in [0.717, 1.165) is 44.9 Å². The van der Waals surface area contributed by atoms with Gasteiger partial charge in [-0.3, -0.25) is 18.6 Å². The van der Waals surface area contributed by atoms with Gasteiger partial charge in [0.05, 0.1) is 27.7 Å². The molecule has 0 aliphatic heterocycles. The second kappa shape index (κ2) is 37.5. The molecule has 1 unspecified atom stereocenters. The van der Waals surface area contributed by atoms with Crippen molar-refractivity contribution in [3.63, 3.8) is 0 Å². The minimum Gasteiger partial charge on any atom is -0.462 e. The highest BCUT2D eigenvalue weighted by atomic mass is 31.2. The van der Waals surface area contributed by atoms with Crippen LogP contribution in [0.15, 0.2) is 48.6 Å². The van der Waals surface area contributed by atoms with E-state index >= 15 is 0 Å². The third kappa shape index (κ3) is 41.4. The maximum absolute atomic E-state index is 12.6. The topological polar surface area (TPSA) is 108 Å². The van der Waals surface area contributed by atoms with Gasteiger partial charge in [-0.2, -0.15) is 0 Å². The predicted octanol–water partition coefficient (Wildman–Crippen LogP) is 12.3. The fraction of sp³-hybridized carbons (Fsp3) is 0.778. The van der Waals surface area contributed by atoms with Crippen molar-refractivity contribution in [1.82, 2.24) is 0 Å². The van der Waals surface area contributed by atoms with E-state index in [9.17, 15) is 19.0 Å². The molecule has 0 fully saturated rings. The monoisotopic (exact) mass is 797 g/mol. The van der Waals surface area contributed by atoms with Gasteiger partial charge in [0, 0.05) is 12.8 Å². The second-order valence-corrected chi connectivity index (χ2v) is 17.2. The predicted molar refractivity (Wildman–Crippen MR) is 229 cm³/mol. The Labute approximate surface area is 337 Å². The Bertz CT molecular complexity index is 1080. The fourth-order valence-corrected chi connectivity index (χ4v) is 6.39. The van der Waals surface area contributed by atoms with Gasteiger partial charge in [0.2, 0.25) is 0 Å². The first-order valence-corrected chi connectivity index (χ1v) is 23.4. The van der Waals surface area contributed by atoms with Crippen molar-refractivity contribution in [2.45, 2.75) is 180 Å². The van der Waals surface area contributed by atoms with Crippen LogP contribution in [0.4, 0.5) is 0 Å². The van der Waals surface area contributed by atoms with E-state index in [2.05, 4.69) is 62.5 Å². The van der Waals surface area contributed by atoms with Crippen LogP contribution in [0.2, 0.25) is 0 Å². The zero-order valence-corrected chi connectivity index (χ0v) is 36.8. The molecule has 0 saturated heterocycles. The van der Waals surface area contributed by atoms with Crippen LogP contribution in [0.3, 0.4) is 0 Å². The van der Waals surface area contributed by atoms with Gasteiger partial charge in [-0.05, 0) is 51.4 Å². The number of hydrogen-bond acceptors (Lipinski definition) is 7. The lowest BCUT2D eigenvalue weighted by molar-refractivity contribution is -0.870. The van der Waals surface area contributed by atoms with E-state index in [0.29, 0.717) is 17.4 Å². The lowest BCUT2D eigenvalue weighted by Gasteiger charge is -2.24. The molecular formula is C45H83NO8P+. The third-order valence-corrected chi connectivity index (χ3v) is 10.1. The minimum absolute atomic E-state index is 0.0211. The average molecular weight is 797 g/mol. The number of unbranched alkanes of at least 4 members (excludes halogenated alkanes) is 17. The maximum Gasteiger partial charge on any atom is 0.472 e. The number of nitrogens with zero attached hydrogens (tertiary/aromatic N) is 1. The molecule has 0 aliphatic rings. The highest BCUT2D eigenvalue weighted by Crippen LogP contribution is 2.43. The average Bonchev–Trinajstić information content (AvgIpc) is 3.13. The van der Waals surface area contributed by atoms with Gasteiger partial charge in [0.1, 0.15) is 19.8 Å². The summed E-state index contributed by atoms with van der Waals surface area (Å²) in [5.74, 6) is -0.866. The zero-order chi connectivity index (χ0) is 40.7. The normalized spacial score (nSPS) is 14.1. The van der Waals surface area contributed by atoms with Gasteiger partial charge in [-0.1, -0.05) is 159 Å². The van der Waals surface area contributed by atoms with Crippen LogP contribution >= 0.6 is 7.82 Å². The van der Waals surface area contributed by atoms with E-state index in [4.69, 9.17) is 18.5 Å². The molecule has 0 saturated carbocycles. The molecule has 2 atom stereocenters. The quantitative estimate of drug-likeness (QED) is 0.0215. The van der Waals surface area contributed by atoms with Crippen LogP contribution in [-0.4, -0.2) is 74.9 Å². The molecule has 0 aromatic rings. The Hall–Kier alpha value is -2.03. The summed E-state index contributed by atoms with van der Waals surface area (Å²) in [5, 5.41) is 0. The summed E-state index contributed by atoms with van der Waals surface area (Å²) in [7, 11) is 1.44. The lowest BCUT2D eigenvalue weighted by atomic mass is 10.1. The summed E-state index contributed by atoms with van der Waals surface area (Å²) in [6, 6.07) is 0. The smallest absolute Gasteiger partial charge is 0.462 e. The number of carbonyl (C=O) groups excluding carboxylic acids is 2. The zero-order valence-electron chi connectivity index (χ0n) is 35.9. The molecule has 1 N–H and O–H groups in total. The molecule has 0 amide bonds. The number of phosphoric ester groups is 1. The van der Waals surface area contributed by atoms with E-state index < -0.39 is 26.5 Å². The van der Waals surface area contributed by atoms with Crippen LogP contribution in [0.25, 0.3) is 0 Å². The number of esters is 2. The van der Waals surface area contributed by atoms with Crippen molar-refractivity contribution in [2.75, 3.05) is 47.5 Å². The van der Waals surface area contributed by atoms with E-state index in [1.807, 2.05) is 21.1 Å². The van der Waals surface area contributed by atoms with E-state index in [1.54, 1.807) is 0 Å². The first kappa shape index (κ1) is 53.0. The number of likely N-dealkylation sites (N-methyl/N-ethyl adjacent to an activating group) is 1. The van der Waals surface area contributed by atoms with Gasteiger partial charge in [0.25, 0.3) is 0 Å². The number of ether oxygens (including phenoxy) is 2. The van der Waals surface area contributed by atoms with Crippen LogP contribution in [0.1, 0.15) is 174 Å². The van der Waals surface area contributed by atoms with Gasteiger partial charge >= 0.3 is 19.8 Å². The molecule has 0 rings (SSSR count). The number of carbonyl (C=O) groups is 2. The number of quaternary nitrogens is 1. The lowest BCUT2D eigenvalue weighted by Crippen LogP contribution is -2.37. The van der Waals surface area contributed by atoms with E-state index in [-0.39, 0.29) is 32.0 Å². The summed E-state index contributed by atoms with van der Waals surface area (Å²) in [6.45, 7) is 4.33. The highest BCUT2D eigenvalue weighted by Gasteiger charge is 2.27. The number of allylic oxidation sites excluding steroid dienone is 8. The van der Waals surface area contributed by atoms with Crippen molar-refractivity contribution < 1.29 is 42.1 Å². The molecule has 320 valence electrons. The van der Waals surface area contributed by atoms with Crippen molar-refractivity contribution >= 4 is 19.8 Å². The minimum atomic E-state index is -4.38. The fourth-order valence-electron chi connectivity index (χ4n) is 5.65. The second-order valence-electron chi connectivity index (χ2n) is 15.7. The van der Waals surface area contributed by atoms with Gasteiger partial charge in [-0.25, -0.2) is 4.57 Å². The Kier molecular flexibility index (Phi) is 36.2. The summed E-state index contributed by atoms with van der Waals surface area (Å²) in [4.78, 5) is 35.2. The largest absolute Gasteiger partial charge is 0.472 e. The number of rotatable bonds is 39. The first-order chi connectivity index (χ1) is 26.5. The van der Waals surface area contributed by atoms with Crippen molar-refractivity contribution in [3.05, 3.63) is 48.6 Å². The highest BCUT2D eigenvalue weighted by molar-refractivity contribution is 7.47. The van der Waals surface area contributed by atoms with E-state index in [1.165, 1.54) is 96.3 Å². The van der Waals surface area contributed by atoms with Crippen LogP contribution in [0.5, 0.6) is 0 Å². The molecular weight excluding hydrogens is 713 g/mol. The van der Waals surface area contributed by atoms with Crippen molar-refractivity contribution in [3.8, 4) is 0 Å². The Morgan fingerprint density at radius 1 is 0.564 bits per heavy atom. The summed E-state index contributed by atoms with van der Waals surface area (Å²) in [6.07, 6.45) is 43.2. The Balaban J connectivity index is 4.43. The SMILES string of the molecule is CCCCCCCCC/C=C/C/C=C/C/C=C/C/C=C/CCCC(=O)O[C@H](COC(=O)CCCCCCCCCCCC)COP(=O)(O)OCC[N+](C)(C)C. The summed E-state index contributed by atoms with van der Waals surface area (Å²) >= 11 is 0. The molecule has 0 aliphatic carbocycles. The van der Waals surface area contributed by atoms with Gasteiger partial charge in [0.15, 0.2) is 6.10 Å². The van der Waals surface area contributed by atoms with Crippen molar-refractivity contribution in [2.24, 2.45) is 0 Å². The molecule has 55 heavy (non-hydrogen) atoms. The number of phosphoric acid groups is 1. The standard InChI is InChI=1S/C45H82NO8P/c1-6-8-10-12-14-16-18-19-20-21-22-23-24-25-26-27-28-30-32-34-36-38-45(48)54-43(42-53-55(49,50)52-40-39-46(3,4)5)41-51-44(47)37-35-33-31-29-17-15-13-11-9-7-2/h20-21,23-24,26-27,30,32,43H,6-19,22,25,28-29,31,33-42H2,1-5H3/p+1/b21-20+,24-23+,27-26+,32-30+/t43-/m1/s1. The Morgan fingerprint density at radius 3 is 1.51 bits per heavy atom. The van der Waals surface area contributed by atoms with Gasteiger partial charge < -0.3 is 18.9 Å². The summed E-state index contributed by atoms with van der Waals surface area (Å²) in [5.41, 5.74) is 0. The molecule has 0 aromatic heterocycles. The summed E-state index contributed by atoms with van der Waals surface area (Å²) < 4.78 is 34.2. The molecule has 0 radical (unpaired) electrons. The van der Waals surface area contributed by atoms with Crippen LogP contribution in [0, 0.1) is 0 Å². The molecule has 9 nitrogen and oxygen atoms in total. The number of hydrogen-bond donors (Lipinski definition) is 1. The van der Waals surface area contributed by atoms with Crippen LogP contribution < -0.4 is 0 Å². The first-order valence-electron chi connectivity index (χ1n) is 21.9. The molecule has 0 heterocycles. The van der Waals surface area contributed by atoms with Gasteiger partial charge in [-0.15, -0.1) is 0 Å². The molecule has 0 spiro atoms. The molecule has 0 bridgehead atoms. The van der Waals surface area contributed by atoms with Crippen molar-refractivity contribution in [1.29, 1.82) is 0 Å². The maximum atomic E-state index is 12.6.